The monoisotopic (exact) mass is 284 g/mol. The third-order valence-corrected chi connectivity index (χ3v) is 5.82. The Labute approximate surface area is 121 Å². The smallest absolute Gasteiger partial charge is 0.188 e. The van der Waals surface area contributed by atoms with E-state index in [-0.39, 0.29) is 0 Å². The van der Waals surface area contributed by atoms with E-state index < -0.39 is 0 Å². The normalized spacial score (nSPS) is 11.9. The van der Waals surface area contributed by atoms with Gasteiger partial charge in [0.05, 0.1) is 0 Å². The number of rotatable bonds is 6. The quantitative estimate of drug-likeness (QED) is 0.481. The van der Waals surface area contributed by atoms with Crippen LogP contribution in [0, 0.1) is 26.2 Å². The Morgan fingerprint density at radius 1 is 1.06 bits per heavy atom. The molecule has 102 valence electrons. The molecular formula is C14H24N2S2. The Bertz CT molecular complexity index is 370. The number of hydrogen-bond acceptors (Lipinski definition) is 4. The van der Waals surface area contributed by atoms with Gasteiger partial charge in [0.15, 0.2) is 5.16 Å². The van der Waals surface area contributed by atoms with E-state index in [4.69, 9.17) is 0 Å². The van der Waals surface area contributed by atoms with Gasteiger partial charge in [0.2, 0.25) is 0 Å². The van der Waals surface area contributed by atoms with Crippen LogP contribution in [0.1, 0.15) is 43.6 Å². The lowest BCUT2D eigenvalue weighted by Gasteiger charge is -2.29. The lowest BCUT2D eigenvalue weighted by Crippen LogP contribution is -2.24. The summed E-state index contributed by atoms with van der Waals surface area (Å²) >= 11 is 6.28. The first-order valence-corrected chi connectivity index (χ1v) is 8.15. The van der Waals surface area contributed by atoms with Crippen molar-refractivity contribution in [2.75, 3.05) is 11.5 Å². The van der Waals surface area contributed by atoms with E-state index in [9.17, 15) is 0 Å². The lowest BCUT2D eigenvalue weighted by atomic mass is 9.87. The van der Waals surface area contributed by atoms with Crippen molar-refractivity contribution in [2.24, 2.45) is 5.41 Å². The van der Waals surface area contributed by atoms with Crippen LogP contribution in [0.5, 0.6) is 0 Å². The number of thiol groups is 1. The Balaban J connectivity index is 2.80. The minimum atomic E-state index is 0.309. The van der Waals surface area contributed by atoms with Gasteiger partial charge in [-0.2, -0.15) is 12.6 Å². The second kappa shape index (κ2) is 6.80. The summed E-state index contributed by atoms with van der Waals surface area (Å²) in [6, 6.07) is 0. The SMILES string of the molecule is CCC(CC)(CS)CSc1nc(C)c(C)c(C)n1. The van der Waals surface area contributed by atoms with Crippen LogP contribution in [-0.4, -0.2) is 21.5 Å². The molecule has 0 aromatic carbocycles. The molecule has 0 N–H and O–H groups in total. The van der Waals surface area contributed by atoms with Gasteiger partial charge < -0.3 is 0 Å². The van der Waals surface area contributed by atoms with Crippen molar-refractivity contribution >= 4 is 24.4 Å². The van der Waals surface area contributed by atoms with Crippen LogP contribution in [0.25, 0.3) is 0 Å². The molecule has 0 saturated heterocycles. The van der Waals surface area contributed by atoms with Gasteiger partial charge in [-0.3, -0.25) is 0 Å². The van der Waals surface area contributed by atoms with Gasteiger partial charge >= 0.3 is 0 Å². The molecule has 0 aliphatic rings. The predicted molar refractivity (Wildman–Crippen MR) is 83.8 cm³/mol. The molecule has 4 heteroatoms. The number of nitrogens with zero attached hydrogens (tertiary/aromatic N) is 2. The highest BCUT2D eigenvalue weighted by molar-refractivity contribution is 7.99. The first-order chi connectivity index (χ1) is 8.48. The predicted octanol–water partition coefficient (Wildman–Crippen LogP) is 4.23. The first-order valence-electron chi connectivity index (χ1n) is 6.53. The molecule has 0 radical (unpaired) electrons. The van der Waals surface area contributed by atoms with Crippen molar-refractivity contribution in [3.05, 3.63) is 17.0 Å². The second-order valence-electron chi connectivity index (χ2n) is 4.96. The molecule has 2 nitrogen and oxygen atoms in total. The third-order valence-electron chi connectivity index (χ3n) is 3.95. The Hall–Kier alpha value is -0.220. The minimum Gasteiger partial charge on any atom is -0.228 e. The zero-order valence-electron chi connectivity index (χ0n) is 12.1. The topological polar surface area (TPSA) is 25.8 Å². The van der Waals surface area contributed by atoms with Gasteiger partial charge in [-0.25, -0.2) is 9.97 Å². The number of aryl methyl sites for hydroxylation is 2. The van der Waals surface area contributed by atoms with Crippen molar-refractivity contribution < 1.29 is 0 Å². The van der Waals surface area contributed by atoms with Gasteiger partial charge in [-0.15, -0.1) is 0 Å². The van der Waals surface area contributed by atoms with Crippen LogP contribution in [0.15, 0.2) is 5.16 Å². The minimum absolute atomic E-state index is 0.309. The molecule has 0 unspecified atom stereocenters. The summed E-state index contributed by atoms with van der Waals surface area (Å²) in [5.41, 5.74) is 3.69. The maximum atomic E-state index is 4.57. The second-order valence-corrected chi connectivity index (χ2v) is 6.21. The molecule has 0 atom stereocenters. The maximum absolute atomic E-state index is 4.57. The molecule has 18 heavy (non-hydrogen) atoms. The summed E-state index contributed by atoms with van der Waals surface area (Å²) in [6.45, 7) is 10.7. The van der Waals surface area contributed by atoms with E-state index in [0.29, 0.717) is 5.41 Å². The maximum Gasteiger partial charge on any atom is 0.188 e. The van der Waals surface area contributed by atoms with Gasteiger partial charge in [0.1, 0.15) is 0 Å². The molecule has 0 fully saturated rings. The zero-order valence-corrected chi connectivity index (χ0v) is 13.8. The molecule has 0 saturated carbocycles. The molecule has 1 aromatic heterocycles. The van der Waals surface area contributed by atoms with Crippen LogP contribution in [-0.2, 0) is 0 Å². The number of hydrogen-bond donors (Lipinski definition) is 1. The highest BCUT2D eigenvalue weighted by Gasteiger charge is 2.25. The molecule has 0 amide bonds. The van der Waals surface area contributed by atoms with Gasteiger partial charge in [-0.1, -0.05) is 25.6 Å². The third kappa shape index (κ3) is 3.64. The Morgan fingerprint density at radius 2 is 1.56 bits per heavy atom. The molecular weight excluding hydrogens is 260 g/mol. The van der Waals surface area contributed by atoms with E-state index in [1.807, 2.05) is 0 Å². The number of aromatic nitrogens is 2. The summed E-state index contributed by atoms with van der Waals surface area (Å²) in [5, 5.41) is 0.906. The summed E-state index contributed by atoms with van der Waals surface area (Å²) in [4.78, 5) is 9.13. The fourth-order valence-electron chi connectivity index (χ4n) is 1.75. The molecule has 0 bridgehead atoms. The first kappa shape index (κ1) is 15.8. The number of thioether (sulfide) groups is 1. The van der Waals surface area contributed by atoms with Gasteiger partial charge in [-0.05, 0) is 50.3 Å². The van der Waals surface area contributed by atoms with E-state index in [0.717, 1.165) is 40.9 Å². The van der Waals surface area contributed by atoms with Crippen molar-refractivity contribution in [3.8, 4) is 0 Å². The van der Waals surface area contributed by atoms with E-state index >= 15 is 0 Å². The van der Waals surface area contributed by atoms with Crippen LogP contribution < -0.4 is 0 Å². The summed E-state index contributed by atoms with van der Waals surface area (Å²) < 4.78 is 0. The highest BCUT2D eigenvalue weighted by Crippen LogP contribution is 2.34. The fraction of sp³-hybridized carbons (Fsp3) is 0.714. The highest BCUT2D eigenvalue weighted by atomic mass is 32.2. The molecule has 1 aromatic rings. The van der Waals surface area contributed by atoms with Crippen molar-refractivity contribution in [3.63, 3.8) is 0 Å². The molecule has 0 aliphatic carbocycles. The molecule has 1 rings (SSSR count). The van der Waals surface area contributed by atoms with Crippen LogP contribution in [0.4, 0.5) is 0 Å². The molecule has 0 spiro atoms. The summed E-state index contributed by atoms with van der Waals surface area (Å²) in [5.74, 6) is 1.97. The van der Waals surface area contributed by atoms with Crippen LogP contribution in [0.2, 0.25) is 0 Å². The largest absolute Gasteiger partial charge is 0.228 e. The summed E-state index contributed by atoms with van der Waals surface area (Å²) in [7, 11) is 0. The van der Waals surface area contributed by atoms with Gasteiger partial charge in [0.25, 0.3) is 0 Å². The lowest BCUT2D eigenvalue weighted by molar-refractivity contribution is 0.357. The summed E-state index contributed by atoms with van der Waals surface area (Å²) in [6.07, 6.45) is 2.31. The van der Waals surface area contributed by atoms with Crippen molar-refractivity contribution in [1.29, 1.82) is 0 Å². The standard InChI is InChI=1S/C14H24N2S2/c1-6-14(7-2,8-17)9-18-13-15-11(4)10(3)12(5)16-13/h17H,6-9H2,1-5H3. The zero-order chi connectivity index (χ0) is 13.8. The van der Waals surface area contributed by atoms with Crippen molar-refractivity contribution in [2.45, 2.75) is 52.6 Å². The molecule has 1 heterocycles. The fourth-order valence-corrected chi connectivity index (χ4v) is 3.81. The van der Waals surface area contributed by atoms with E-state index in [2.05, 4.69) is 57.2 Å². The van der Waals surface area contributed by atoms with Crippen LogP contribution in [0.3, 0.4) is 0 Å². The van der Waals surface area contributed by atoms with Crippen LogP contribution >= 0.6 is 24.4 Å². The van der Waals surface area contributed by atoms with Gasteiger partial charge in [0, 0.05) is 17.1 Å². The average Bonchev–Trinajstić information content (AvgIpc) is 2.38. The van der Waals surface area contributed by atoms with Crippen molar-refractivity contribution in [1.82, 2.24) is 9.97 Å². The average molecular weight is 284 g/mol. The Morgan fingerprint density at radius 3 is 1.94 bits per heavy atom. The van der Waals surface area contributed by atoms with E-state index in [1.54, 1.807) is 11.8 Å². The van der Waals surface area contributed by atoms with E-state index in [1.165, 1.54) is 5.56 Å². The Kier molecular flexibility index (Phi) is 5.99. The molecule has 0 aliphatic heterocycles.